The number of rotatable bonds is 6. The van der Waals surface area contributed by atoms with E-state index in [2.05, 4.69) is 216 Å². The number of hydrogen-bond acceptors (Lipinski definition) is 2. The second-order valence-corrected chi connectivity index (χ2v) is 15.2. The maximum atomic E-state index is 2.52. The maximum absolute atomic E-state index is 2.52. The summed E-state index contributed by atoms with van der Waals surface area (Å²) in [6.45, 7) is 0. The summed E-state index contributed by atoms with van der Waals surface area (Å²) in [6.07, 6.45) is 22.9. The van der Waals surface area contributed by atoms with Crippen LogP contribution in [0.2, 0.25) is 0 Å². The van der Waals surface area contributed by atoms with Crippen LogP contribution in [0.3, 0.4) is 0 Å². The lowest BCUT2D eigenvalue weighted by molar-refractivity contribution is 0.653. The highest BCUT2D eigenvalue weighted by molar-refractivity contribution is 6.23. The van der Waals surface area contributed by atoms with Gasteiger partial charge in [0.25, 0.3) is 0 Å². The van der Waals surface area contributed by atoms with Crippen LogP contribution in [0.5, 0.6) is 0 Å². The zero-order chi connectivity index (χ0) is 37.0. The fraction of sp³-hybridized carbons (Fsp3) is 0.0741. The largest absolute Gasteiger partial charge is 0.310 e. The summed E-state index contributed by atoms with van der Waals surface area (Å²) < 4.78 is 0. The van der Waals surface area contributed by atoms with E-state index in [9.17, 15) is 0 Å². The lowest BCUT2D eigenvalue weighted by Gasteiger charge is -2.35. The molecule has 0 aliphatic heterocycles. The lowest BCUT2D eigenvalue weighted by atomic mass is 9.84. The molecule has 56 heavy (non-hydrogen) atoms. The summed E-state index contributed by atoms with van der Waals surface area (Å²) in [4.78, 5) is 5.03. The maximum Gasteiger partial charge on any atom is 0.0619 e. The molecule has 0 radical (unpaired) electrons. The Kier molecular flexibility index (Phi) is 7.81. The van der Waals surface area contributed by atoms with Gasteiger partial charge in [-0.15, -0.1) is 0 Å². The molecule has 8 aromatic carbocycles. The minimum absolute atomic E-state index is 0.293. The molecule has 0 fully saturated rings. The highest BCUT2D eigenvalue weighted by Gasteiger charge is 2.28. The first-order valence-electron chi connectivity index (χ1n) is 19.8. The molecule has 0 bridgehead atoms. The predicted octanol–water partition coefficient (Wildman–Crippen LogP) is 14.7. The molecule has 0 spiro atoms. The minimum atomic E-state index is 0.293. The van der Waals surface area contributed by atoms with Crippen LogP contribution in [0.25, 0.3) is 49.2 Å². The minimum Gasteiger partial charge on any atom is -0.310 e. The van der Waals surface area contributed by atoms with E-state index < -0.39 is 0 Å². The first-order chi connectivity index (χ1) is 27.8. The lowest BCUT2D eigenvalue weighted by Crippen LogP contribution is -2.22. The molecule has 2 atom stereocenters. The van der Waals surface area contributed by atoms with Gasteiger partial charge in [0.2, 0.25) is 0 Å². The standard InChI is InChI=1S/C54H40N2/c1-5-17-41-33-45(29-25-37(41)13-1)55(46-30-26-38-14-2-6-18-42(38)34-46)53-49-21-9-11-23-51(49)54(52-24-12-10-22-50(52)53)56(47-31-27-39-15-3-7-19-43(39)35-47)48-32-28-40-16-4-8-20-44(40)36-48/h1-3,5-15,17-37,41H,4,16H2. The Labute approximate surface area is 327 Å². The monoisotopic (exact) mass is 716 g/mol. The molecule has 0 heterocycles. The quantitative estimate of drug-likeness (QED) is 0.125. The smallest absolute Gasteiger partial charge is 0.0619 e. The average Bonchev–Trinajstić information content (AvgIpc) is 3.27. The molecule has 266 valence electrons. The molecule has 0 saturated heterocycles. The van der Waals surface area contributed by atoms with E-state index in [1.807, 2.05) is 0 Å². The van der Waals surface area contributed by atoms with E-state index in [0.717, 1.165) is 29.9 Å². The van der Waals surface area contributed by atoms with Gasteiger partial charge in [-0.2, -0.15) is 0 Å². The molecule has 2 unspecified atom stereocenters. The number of anilines is 5. The fourth-order valence-electron chi connectivity index (χ4n) is 9.18. The van der Waals surface area contributed by atoms with Crippen LogP contribution in [0, 0.1) is 11.8 Å². The van der Waals surface area contributed by atoms with Crippen molar-refractivity contribution < 1.29 is 0 Å². The van der Waals surface area contributed by atoms with Crippen molar-refractivity contribution in [3.05, 3.63) is 217 Å². The Bertz CT molecular complexity index is 2950. The topological polar surface area (TPSA) is 6.48 Å². The van der Waals surface area contributed by atoms with Crippen molar-refractivity contribution in [2.24, 2.45) is 11.8 Å². The van der Waals surface area contributed by atoms with Crippen molar-refractivity contribution in [3.63, 3.8) is 0 Å². The number of allylic oxidation sites excluding steroid dienone is 8. The molecule has 0 saturated carbocycles. The van der Waals surface area contributed by atoms with Crippen LogP contribution in [0.1, 0.15) is 17.5 Å². The van der Waals surface area contributed by atoms with E-state index >= 15 is 0 Å². The third kappa shape index (κ3) is 5.48. The van der Waals surface area contributed by atoms with E-state index in [-0.39, 0.29) is 0 Å². The number of hydrogen-bond donors (Lipinski definition) is 0. The predicted molar refractivity (Wildman–Crippen MR) is 240 cm³/mol. The molecule has 0 amide bonds. The second-order valence-electron chi connectivity index (χ2n) is 15.2. The van der Waals surface area contributed by atoms with Gasteiger partial charge in [0.1, 0.15) is 0 Å². The van der Waals surface area contributed by atoms with Crippen LogP contribution in [0.15, 0.2) is 206 Å². The van der Waals surface area contributed by atoms with Crippen molar-refractivity contribution in [1.29, 1.82) is 0 Å². The Morgan fingerprint density at radius 3 is 1.59 bits per heavy atom. The third-order valence-electron chi connectivity index (χ3n) is 11.9. The van der Waals surface area contributed by atoms with E-state index in [1.54, 1.807) is 0 Å². The Morgan fingerprint density at radius 2 is 0.946 bits per heavy atom. The summed E-state index contributed by atoms with van der Waals surface area (Å²) >= 11 is 0. The summed E-state index contributed by atoms with van der Waals surface area (Å²) in [5.41, 5.74) is 9.69. The van der Waals surface area contributed by atoms with Crippen LogP contribution >= 0.6 is 0 Å². The van der Waals surface area contributed by atoms with Gasteiger partial charge in [0.15, 0.2) is 0 Å². The Morgan fingerprint density at radius 1 is 0.429 bits per heavy atom. The molecule has 2 nitrogen and oxygen atoms in total. The molecule has 11 rings (SSSR count). The van der Waals surface area contributed by atoms with Crippen molar-refractivity contribution in [2.75, 3.05) is 9.80 Å². The van der Waals surface area contributed by atoms with Gasteiger partial charge < -0.3 is 9.80 Å². The van der Waals surface area contributed by atoms with Gasteiger partial charge in [-0.1, -0.05) is 164 Å². The van der Waals surface area contributed by atoms with Crippen LogP contribution in [0.4, 0.5) is 28.4 Å². The summed E-state index contributed by atoms with van der Waals surface area (Å²) in [6, 6.07) is 56.3. The van der Waals surface area contributed by atoms with Crippen molar-refractivity contribution in [3.8, 4) is 0 Å². The van der Waals surface area contributed by atoms with Crippen LogP contribution < -0.4 is 9.80 Å². The number of nitrogens with zero attached hydrogens (tertiary/aromatic N) is 2. The van der Waals surface area contributed by atoms with Crippen molar-refractivity contribution in [2.45, 2.75) is 12.8 Å². The normalized spacial score (nSPS) is 17.0. The summed E-state index contributed by atoms with van der Waals surface area (Å²) in [5, 5.41) is 9.73. The first-order valence-corrected chi connectivity index (χ1v) is 19.8. The molecule has 3 aliphatic rings. The van der Waals surface area contributed by atoms with Gasteiger partial charge in [0, 0.05) is 56.1 Å². The Balaban J connectivity index is 1.22. The van der Waals surface area contributed by atoms with E-state index in [1.165, 1.54) is 71.3 Å². The van der Waals surface area contributed by atoms with Gasteiger partial charge in [-0.3, -0.25) is 0 Å². The highest BCUT2D eigenvalue weighted by atomic mass is 15.2. The number of fused-ring (bicyclic) bond motifs is 6. The van der Waals surface area contributed by atoms with Crippen LogP contribution in [-0.4, -0.2) is 0 Å². The van der Waals surface area contributed by atoms with Gasteiger partial charge in [-0.25, -0.2) is 0 Å². The molecular weight excluding hydrogens is 677 g/mol. The zero-order valence-corrected chi connectivity index (χ0v) is 31.1. The number of aryl methyl sites for hydroxylation is 1. The fourth-order valence-corrected chi connectivity index (χ4v) is 9.18. The van der Waals surface area contributed by atoms with E-state index in [4.69, 9.17) is 0 Å². The van der Waals surface area contributed by atoms with Gasteiger partial charge >= 0.3 is 0 Å². The molecule has 3 aliphatic carbocycles. The van der Waals surface area contributed by atoms with Gasteiger partial charge in [-0.05, 0) is 88.0 Å². The molecule has 8 aromatic rings. The first kappa shape index (κ1) is 32.5. The molecule has 0 N–H and O–H groups in total. The van der Waals surface area contributed by atoms with Gasteiger partial charge in [0.05, 0.1) is 11.4 Å². The van der Waals surface area contributed by atoms with E-state index in [0.29, 0.717) is 11.8 Å². The molecule has 0 aromatic heterocycles. The highest BCUT2D eigenvalue weighted by Crippen LogP contribution is 2.51. The second kappa shape index (κ2) is 13.4. The Hall–Kier alpha value is -6.90. The molecular formula is C54H40N2. The zero-order valence-electron chi connectivity index (χ0n) is 31.1. The summed E-state index contributed by atoms with van der Waals surface area (Å²) in [5.74, 6) is 0.654. The third-order valence-corrected chi connectivity index (χ3v) is 11.9. The SMILES string of the molecule is C1=CC2C=CC(N(c3ccc4ccccc4c3)c3c4ccccc4c(N(c4ccc5c(c4)C=CCC5)c4ccc5ccccc5c4)c4ccccc34)=CC2C=C1. The van der Waals surface area contributed by atoms with Crippen molar-refractivity contribution >= 4 is 77.6 Å². The van der Waals surface area contributed by atoms with Crippen molar-refractivity contribution in [1.82, 2.24) is 0 Å². The average molecular weight is 717 g/mol. The molecule has 2 heteroatoms. The number of benzene rings is 8. The summed E-state index contributed by atoms with van der Waals surface area (Å²) in [7, 11) is 0. The van der Waals surface area contributed by atoms with Crippen LogP contribution in [-0.2, 0) is 6.42 Å².